The highest BCUT2D eigenvalue weighted by Gasteiger charge is 2.41. The van der Waals surface area contributed by atoms with Crippen molar-refractivity contribution in [3.05, 3.63) is 35.4 Å². The maximum Gasteiger partial charge on any atom is 0.0118 e. The van der Waals surface area contributed by atoms with E-state index in [2.05, 4.69) is 43.4 Å². The quantitative estimate of drug-likeness (QED) is 0.680. The van der Waals surface area contributed by atoms with Crippen molar-refractivity contribution in [3.8, 4) is 0 Å². The van der Waals surface area contributed by atoms with Gasteiger partial charge in [-0.25, -0.2) is 0 Å². The van der Waals surface area contributed by atoms with E-state index in [4.69, 9.17) is 0 Å². The van der Waals surface area contributed by atoms with Gasteiger partial charge in [-0.1, -0.05) is 31.2 Å². The molecule has 0 spiro atoms. The van der Waals surface area contributed by atoms with E-state index in [0.717, 1.165) is 0 Å². The Labute approximate surface area is 91.9 Å². The van der Waals surface area contributed by atoms with Gasteiger partial charge in [-0.3, -0.25) is 0 Å². The average molecular weight is 201 g/mol. The van der Waals surface area contributed by atoms with Crippen LogP contribution in [0.3, 0.4) is 0 Å². The average Bonchev–Trinajstić information content (AvgIpc) is 2.15. The SMILES string of the molecule is CC1C[C@]2(C)CC(Cc3ccccc32)N1. The molecule has 3 rings (SSSR count). The Morgan fingerprint density at radius 3 is 2.93 bits per heavy atom. The Morgan fingerprint density at radius 2 is 2.07 bits per heavy atom. The summed E-state index contributed by atoms with van der Waals surface area (Å²) >= 11 is 0. The fourth-order valence-corrected chi connectivity index (χ4v) is 3.73. The zero-order valence-electron chi connectivity index (χ0n) is 9.59. The van der Waals surface area contributed by atoms with Crippen LogP contribution in [0.4, 0.5) is 0 Å². The summed E-state index contributed by atoms with van der Waals surface area (Å²) in [5.41, 5.74) is 3.59. The monoisotopic (exact) mass is 201 g/mol. The summed E-state index contributed by atoms with van der Waals surface area (Å²) in [6, 6.07) is 10.4. The number of piperidine rings is 1. The highest BCUT2D eigenvalue weighted by molar-refractivity contribution is 5.38. The molecular weight excluding hydrogens is 182 g/mol. The largest absolute Gasteiger partial charge is 0.311 e. The van der Waals surface area contributed by atoms with Gasteiger partial charge in [-0.05, 0) is 42.7 Å². The van der Waals surface area contributed by atoms with Gasteiger partial charge in [0.1, 0.15) is 0 Å². The van der Waals surface area contributed by atoms with Crippen molar-refractivity contribution in [2.45, 2.75) is 50.6 Å². The molecule has 15 heavy (non-hydrogen) atoms. The molecular formula is C14H19N. The minimum absolute atomic E-state index is 0.421. The van der Waals surface area contributed by atoms with E-state index in [0.29, 0.717) is 17.5 Å². The lowest BCUT2D eigenvalue weighted by Gasteiger charge is -2.47. The fourth-order valence-electron chi connectivity index (χ4n) is 3.73. The van der Waals surface area contributed by atoms with Crippen LogP contribution in [0.25, 0.3) is 0 Å². The second-order valence-electron chi connectivity index (χ2n) is 5.59. The van der Waals surface area contributed by atoms with E-state index in [1.54, 1.807) is 11.1 Å². The Hall–Kier alpha value is -0.820. The van der Waals surface area contributed by atoms with Crippen LogP contribution in [0.2, 0.25) is 0 Å². The Morgan fingerprint density at radius 1 is 1.27 bits per heavy atom. The van der Waals surface area contributed by atoms with E-state index < -0.39 is 0 Å². The van der Waals surface area contributed by atoms with Gasteiger partial charge in [-0.2, -0.15) is 0 Å². The van der Waals surface area contributed by atoms with E-state index in [1.807, 2.05) is 0 Å². The molecule has 1 fully saturated rings. The van der Waals surface area contributed by atoms with Crippen molar-refractivity contribution in [3.63, 3.8) is 0 Å². The Balaban J connectivity index is 2.10. The molecule has 1 aromatic carbocycles. The van der Waals surface area contributed by atoms with Crippen molar-refractivity contribution in [2.75, 3.05) is 0 Å². The highest BCUT2D eigenvalue weighted by atomic mass is 15.0. The lowest BCUT2D eigenvalue weighted by Crippen LogP contribution is -2.53. The normalized spacial score (nSPS) is 38.5. The first-order valence-electron chi connectivity index (χ1n) is 6.02. The molecule has 1 heteroatoms. The third kappa shape index (κ3) is 1.41. The minimum Gasteiger partial charge on any atom is -0.311 e. The van der Waals surface area contributed by atoms with Crippen molar-refractivity contribution in [1.29, 1.82) is 0 Å². The second-order valence-corrected chi connectivity index (χ2v) is 5.59. The van der Waals surface area contributed by atoms with Crippen LogP contribution in [-0.4, -0.2) is 12.1 Å². The van der Waals surface area contributed by atoms with Crippen LogP contribution >= 0.6 is 0 Å². The molecule has 1 saturated heterocycles. The first-order valence-corrected chi connectivity index (χ1v) is 6.02. The van der Waals surface area contributed by atoms with Gasteiger partial charge in [-0.15, -0.1) is 0 Å². The van der Waals surface area contributed by atoms with Gasteiger partial charge in [0, 0.05) is 12.1 Å². The van der Waals surface area contributed by atoms with Gasteiger partial charge in [0.2, 0.25) is 0 Å². The zero-order valence-corrected chi connectivity index (χ0v) is 9.59. The maximum atomic E-state index is 3.71. The molecule has 0 aromatic heterocycles. The molecule has 1 N–H and O–H groups in total. The number of hydrogen-bond donors (Lipinski definition) is 1. The van der Waals surface area contributed by atoms with Crippen LogP contribution in [0.5, 0.6) is 0 Å². The summed E-state index contributed by atoms with van der Waals surface area (Å²) < 4.78 is 0. The third-order valence-electron chi connectivity index (χ3n) is 4.11. The second kappa shape index (κ2) is 3.08. The molecule has 2 bridgehead atoms. The first-order chi connectivity index (χ1) is 7.17. The molecule has 0 radical (unpaired) electrons. The number of benzene rings is 1. The summed E-state index contributed by atoms with van der Waals surface area (Å²) in [5, 5.41) is 3.71. The molecule has 1 aromatic rings. The zero-order chi connectivity index (χ0) is 10.5. The molecule has 0 saturated carbocycles. The molecule has 1 aliphatic heterocycles. The predicted octanol–water partition coefficient (Wildman–Crippen LogP) is 2.64. The summed E-state index contributed by atoms with van der Waals surface area (Å²) in [5.74, 6) is 0. The number of fused-ring (bicyclic) bond motifs is 4. The van der Waals surface area contributed by atoms with E-state index in [1.165, 1.54) is 19.3 Å². The topological polar surface area (TPSA) is 12.0 Å². The lowest BCUT2D eigenvalue weighted by atomic mass is 9.64. The Kier molecular flexibility index (Phi) is 1.93. The van der Waals surface area contributed by atoms with Crippen LogP contribution in [0.15, 0.2) is 24.3 Å². The molecule has 2 unspecified atom stereocenters. The highest BCUT2D eigenvalue weighted by Crippen LogP contribution is 2.43. The van der Waals surface area contributed by atoms with Crippen LogP contribution in [-0.2, 0) is 11.8 Å². The van der Waals surface area contributed by atoms with Crippen LogP contribution in [0.1, 0.15) is 37.8 Å². The molecule has 1 heterocycles. The molecule has 0 amide bonds. The summed E-state index contributed by atoms with van der Waals surface area (Å²) in [7, 11) is 0. The van der Waals surface area contributed by atoms with Crippen molar-refractivity contribution < 1.29 is 0 Å². The Bertz CT molecular complexity index is 385. The fraction of sp³-hybridized carbons (Fsp3) is 0.571. The van der Waals surface area contributed by atoms with Crippen LogP contribution in [0, 0.1) is 0 Å². The maximum absolute atomic E-state index is 3.71. The van der Waals surface area contributed by atoms with Gasteiger partial charge in [0.05, 0.1) is 0 Å². The van der Waals surface area contributed by atoms with Gasteiger partial charge < -0.3 is 5.32 Å². The van der Waals surface area contributed by atoms with Crippen LogP contribution < -0.4 is 5.32 Å². The van der Waals surface area contributed by atoms with Crippen molar-refractivity contribution in [1.82, 2.24) is 5.32 Å². The summed E-state index contributed by atoms with van der Waals surface area (Å²) in [6.45, 7) is 4.76. The number of hydrogen-bond acceptors (Lipinski definition) is 1. The molecule has 2 aliphatic rings. The molecule has 3 atom stereocenters. The molecule has 1 aliphatic carbocycles. The number of rotatable bonds is 0. The van der Waals surface area contributed by atoms with Crippen molar-refractivity contribution in [2.24, 2.45) is 0 Å². The lowest BCUT2D eigenvalue weighted by molar-refractivity contribution is 0.207. The summed E-state index contributed by atoms with van der Waals surface area (Å²) in [6.07, 6.45) is 3.81. The molecule has 1 nitrogen and oxygen atoms in total. The van der Waals surface area contributed by atoms with E-state index in [9.17, 15) is 0 Å². The summed E-state index contributed by atoms with van der Waals surface area (Å²) in [4.78, 5) is 0. The molecule has 80 valence electrons. The number of nitrogens with one attached hydrogen (secondary N) is 1. The standard InChI is InChI=1S/C14H19N/c1-10-8-14(2)9-12(15-10)7-11-5-3-4-6-13(11)14/h3-6,10,12,15H,7-9H2,1-2H3/t10?,12?,14-/m1/s1. The third-order valence-corrected chi connectivity index (χ3v) is 4.11. The predicted molar refractivity (Wildman–Crippen MR) is 63.1 cm³/mol. The van der Waals surface area contributed by atoms with Gasteiger partial charge >= 0.3 is 0 Å². The van der Waals surface area contributed by atoms with Gasteiger partial charge in [0.25, 0.3) is 0 Å². The van der Waals surface area contributed by atoms with Gasteiger partial charge in [0.15, 0.2) is 0 Å². The van der Waals surface area contributed by atoms with E-state index >= 15 is 0 Å². The minimum atomic E-state index is 0.421. The smallest absolute Gasteiger partial charge is 0.0118 e. The van der Waals surface area contributed by atoms with Crippen molar-refractivity contribution >= 4 is 0 Å². The van der Waals surface area contributed by atoms with E-state index in [-0.39, 0.29) is 0 Å². The first kappa shape index (κ1) is 9.41.